The maximum Gasteiger partial charge on any atom is 0.573 e. The Balaban J connectivity index is 0.00000400. The summed E-state index contributed by atoms with van der Waals surface area (Å²) in [6.07, 6.45) is -12.1. The fraction of sp³-hybridized carbons (Fsp3) is 0.455. The Bertz CT molecular complexity index is 451. The molecule has 0 amide bonds. The third-order valence-corrected chi connectivity index (χ3v) is 2.37. The molecule has 0 unspecified atom stereocenters. The number of aliphatic hydroxyl groups excluding tert-OH is 1. The summed E-state index contributed by atoms with van der Waals surface area (Å²) >= 11 is 0. The Hall–Kier alpha value is -1.19. The van der Waals surface area contributed by atoms with Crippen LogP contribution < -0.4 is 10.5 Å². The van der Waals surface area contributed by atoms with E-state index in [1.54, 1.807) is 0 Å². The average molecular weight is 340 g/mol. The van der Waals surface area contributed by atoms with E-state index in [1.165, 1.54) is 6.07 Å². The van der Waals surface area contributed by atoms with E-state index in [-0.39, 0.29) is 18.0 Å². The predicted octanol–water partition coefficient (Wildman–Crippen LogP) is 3.32. The fourth-order valence-corrected chi connectivity index (χ4v) is 1.43. The first-order chi connectivity index (χ1) is 8.99. The maximum atomic E-state index is 12.2. The van der Waals surface area contributed by atoms with Gasteiger partial charge in [0, 0.05) is 6.42 Å². The molecule has 0 aliphatic rings. The molecule has 10 heteroatoms. The van der Waals surface area contributed by atoms with Gasteiger partial charge in [0.05, 0.1) is 6.10 Å². The molecule has 0 aliphatic heterocycles. The minimum Gasteiger partial charge on any atom is -0.406 e. The van der Waals surface area contributed by atoms with Crippen molar-refractivity contribution in [3.8, 4) is 5.75 Å². The second-order valence-electron chi connectivity index (χ2n) is 4.02. The van der Waals surface area contributed by atoms with Crippen LogP contribution in [0.1, 0.15) is 18.1 Å². The zero-order valence-electron chi connectivity index (χ0n) is 10.3. The van der Waals surface area contributed by atoms with Gasteiger partial charge in [0.15, 0.2) is 0 Å². The summed E-state index contributed by atoms with van der Waals surface area (Å²) in [6, 6.07) is 1.80. The smallest absolute Gasteiger partial charge is 0.406 e. The minimum atomic E-state index is -4.92. The second-order valence-corrected chi connectivity index (χ2v) is 4.02. The lowest BCUT2D eigenvalue weighted by Crippen LogP contribution is -2.38. The number of benzene rings is 1. The molecule has 21 heavy (non-hydrogen) atoms. The van der Waals surface area contributed by atoms with Crippen LogP contribution >= 0.6 is 12.4 Å². The molecule has 0 aromatic heterocycles. The first-order valence-electron chi connectivity index (χ1n) is 5.35. The summed E-state index contributed by atoms with van der Waals surface area (Å²) in [5, 5.41) is 9.56. The molecule has 0 saturated carbocycles. The van der Waals surface area contributed by atoms with Crippen LogP contribution in [-0.4, -0.2) is 23.7 Å². The van der Waals surface area contributed by atoms with Crippen molar-refractivity contribution in [2.45, 2.75) is 31.1 Å². The van der Waals surface area contributed by atoms with Crippen molar-refractivity contribution in [3.63, 3.8) is 0 Å². The van der Waals surface area contributed by atoms with Crippen molar-refractivity contribution in [3.05, 3.63) is 29.8 Å². The normalized spacial score (nSPS) is 15.0. The molecule has 3 N–H and O–H groups in total. The number of hydrogen-bond acceptors (Lipinski definition) is 3. The quantitative estimate of drug-likeness (QED) is 0.827. The van der Waals surface area contributed by atoms with Crippen LogP contribution in [0.2, 0.25) is 0 Å². The Morgan fingerprint density at radius 2 is 1.71 bits per heavy atom. The predicted molar refractivity (Wildman–Crippen MR) is 64.0 cm³/mol. The van der Waals surface area contributed by atoms with Gasteiger partial charge >= 0.3 is 12.5 Å². The van der Waals surface area contributed by atoms with Gasteiger partial charge in [0.25, 0.3) is 0 Å². The molecule has 1 aromatic rings. The zero-order valence-corrected chi connectivity index (χ0v) is 11.1. The van der Waals surface area contributed by atoms with E-state index in [2.05, 4.69) is 4.74 Å². The lowest BCUT2D eigenvalue weighted by Gasteiger charge is -2.19. The summed E-state index contributed by atoms with van der Waals surface area (Å²) in [5.41, 5.74) is 4.69. The van der Waals surface area contributed by atoms with Gasteiger partial charge in [-0.1, -0.05) is 12.1 Å². The molecular formula is C11H12ClF6NO2. The van der Waals surface area contributed by atoms with Crippen molar-refractivity contribution in [1.82, 2.24) is 0 Å². The van der Waals surface area contributed by atoms with E-state index < -0.39 is 36.9 Å². The summed E-state index contributed by atoms with van der Waals surface area (Å²) in [7, 11) is 0. The number of hydrogen-bond donors (Lipinski definition) is 2. The molecule has 1 aromatic carbocycles. The summed E-state index contributed by atoms with van der Waals surface area (Å²) in [6.45, 7) is 0. The van der Waals surface area contributed by atoms with Gasteiger partial charge < -0.3 is 15.6 Å². The third kappa shape index (κ3) is 6.87. The van der Waals surface area contributed by atoms with Crippen LogP contribution in [-0.2, 0) is 0 Å². The molecule has 122 valence electrons. The van der Waals surface area contributed by atoms with E-state index in [9.17, 15) is 31.4 Å². The fourth-order valence-electron chi connectivity index (χ4n) is 1.43. The van der Waals surface area contributed by atoms with Gasteiger partial charge in [-0.3, -0.25) is 0 Å². The van der Waals surface area contributed by atoms with Crippen molar-refractivity contribution in [1.29, 1.82) is 0 Å². The van der Waals surface area contributed by atoms with Crippen LogP contribution in [0.25, 0.3) is 0 Å². The number of halogens is 7. The van der Waals surface area contributed by atoms with E-state index >= 15 is 0 Å². The van der Waals surface area contributed by atoms with Crippen LogP contribution in [0.5, 0.6) is 5.75 Å². The van der Waals surface area contributed by atoms with E-state index in [4.69, 9.17) is 5.73 Å². The van der Waals surface area contributed by atoms with Gasteiger partial charge in [0.2, 0.25) is 0 Å². The monoisotopic (exact) mass is 339 g/mol. The van der Waals surface area contributed by atoms with Crippen molar-refractivity contribution < 1.29 is 36.2 Å². The molecule has 0 heterocycles. The number of nitrogens with two attached hydrogens (primary N) is 1. The highest BCUT2D eigenvalue weighted by Crippen LogP contribution is 2.29. The Morgan fingerprint density at radius 1 is 1.14 bits per heavy atom. The molecular weight excluding hydrogens is 328 g/mol. The molecule has 0 fully saturated rings. The lowest BCUT2D eigenvalue weighted by molar-refractivity contribution is -0.274. The summed E-state index contributed by atoms with van der Waals surface area (Å²) < 4.78 is 76.2. The SMILES string of the molecule is Cl.N[C@@H](C[C@@H](O)c1cccc(OC(F)(F)F)c1)C(F)(F)F. The minimum absolute atomic E-state index is 0. The van der Waals surface area contributed by atoms with Crippen molar-refractivity contribution in [2.24, 2.45) is 5.73 Å². The van der Waals surface area contributed by atoms with Crippen molar-refractivity contribution in [2.75, 3.05) is 0 Å². The number of ether oxygens (including phenoxy) is 1. The van der Waals surface area contributed by atoms with E-state index in [1.807, 2.05) is 0 Å². The van der Waals surface area contributed by atoms with Crippen LogP contribution in [0.3, 0.4) is 0 Å². The van der Waals surface area contributed by atoms with Crippen LogP contribution in [0.4, 0.5) is 26.3 Å². The van der Waals surface area contributed by atoms with E-state index in [0.717, 1.165) is 18.2 Å². The maximum absolute atomic E-state index is 12.2. The summed E-state index contributed by atoms with van der Waals surface area (Å²) in [5.74, 6) is -0.630. The zero-order chi connectivity index (χ0) is 15.6. The molecule has 0 bridgehead atoms. The van der Waals surface area contributed by atoms with E-state index in [0.29, 0.717) is 0 Å². The van der Waals surface area contributed by atoms with Gasteiger partial charge in [-0.25, -0.2) is 0 Å². The summed E-state index contributed by atoms with van der Waals surface area (Å²) in [4.78, 5) is 0. The highest BCUT2D eigenvalue weighted by Gasteiger charge is 2.38. The van der Waals surface area contributed by atoms with Crippen LogP contribution in [0.15, 0.2) is 24.3 Å². The molecule has 2 atom stereocenters. The number of aliphatic hydroxyl groups is 1. The molecule has 0 saturated heterocycles. The van der Waals surface area contributed by atoms with Crippen molar-refractivity contribution >= 4 is 12.4 Å². The molecule has 0 radical (unpaired) electrons. The largest absolute Gasteiger partial charge is 0.573 e. The highest BCUT2D eigenvalue weighted by atomic mass is 35.5. The Morgan fingerprint density at radius 3 is 2.19 bits per heavy atom. The first kappa shape index (κ1) is 19.8. The van der Waals surface area contributed by atoms with Gasteiger partial charge in [0.1, 0.15) is 11.8 Å². The standard InChI is InChI=1S/C11H11F6NO2.ClH/c12-10(13,14)9(18)5-8(19)6-2-1-3-7(4-6)20-11(15,16)17;/h1-4,8-9,19H,5,18H2;1H/t8-,9+;/m1./s1. The van der Waals surface area contributed by atoms with Gasteiger partial charge in [-0.15, -0.1) is 25.6 Å². The highest BCUT2D eigenvalue weighted by molar-refractivity contribution is 5.85. The molecule has 1 rings (SSSR count). The lowest BCUT2D eigenvalue weighted by atomic mass is 10.0. The van der Waals surface area contributed by atoms with Gasteiger partial charge in [-0.05, 0) is 17.7 Å². The Labute approximate surface area is 122 Å². The van der Waals surface area contributed by atoms with Gasteiger partial charge in [-0.2, -0.15) is 13.2 Å². The number of alkyl halides is 6. The third-order valence-electron chi connectivity index (χ3n) is 2.37. The first-order valence-corrected chi connectivity index (χ1v) is 5.35. The number of rotatable bonds is 4. The van der Waals surface area contributed by atoms with Crippen LogP contribution in [0, 0.1) is 0 Å². The topological polar surface area (TPSA) is 55.5 Å². The average Bonchev–Trinajstić information content (AvgIpc) is 2.25. The Kier molecular flexibility index (Phi) is 6.78. The molecule has 3 nitrogen and oxygen atoms in total. The molecule has 0 aliphatic carbocycles. The second kappa shape index (κ2) is 7.19. The molecule has 0 spiro atoms.